The second-order valence-electron chi connectivity index (χ2n) is 5.98. The Kier molecular flexibility index (Phi) is 6.27. The largest absolute Gasteiger partial charge is 0.497 e. The third kappa shape index (κ3) is 4.89. The zero-order chi connectivity index (χ0) is 19.8. The minimum atomic E-state index is -0.449. The number of esters is 1. The van der Waals surface area contributed by atoms with Gasteiger partial charge in [0.25, 0.3) is 0 Å². The van der Waals surface area contributed by atoms with E-state index in [9.17, 15) is 10.1 Å². The van der Waals surface area contributed by atoms with Crippen LogP contribution in [0.15, 0.2) is 72.8 Å². The van der Waals surface area contributed by atoms with Crippen LogP contribution in [0.1, 0.15) is 11.1 Å². The highest BCUT2D eigenvalue weighted by molar-refractivity contribution is 5.72. The Balaban J connectivity index is 1.51. The number of methoxy groups -OCH3 is 1. The van der Waals surface area contributed by atoms with Gasteiger partial charge in [0.05, 0.1) is 18.7 Å². The van der Waals surface area contributed by atoms with Crippen LogP contribution in [0, 0.1) is 11.3 Å². The molecule has 3 aromatic carbocycles. The fourth-order valence-electron chi connectivity index (χ4n) is 2.63. The summed E-state index contributed by atoms with van der Waals surface area (Å²) in [4.78, 5) is 11.9. The molecule has 0 bridgehead atoms. The summed E-state index contributed by atoms with van der Waals surface area (Å²) < 4.78 is 15.7. The predicted octanol–water partition coefficient (Wildman–Crippen LogP) is 4.36. The van der Waals surface area contributed by atoms with E-state index in [1.807, 2.05) is 42.5 Å². The summed E-state index contributed by atoms with van der Waals surface area (Å²) >= 11 is 0. The van der Waals surface area contributed by atoms with Gasteiger partial charge in [0, 0.05) is 0 Å². The maximum Gasteiger partial charge on any atom is 0.344 e. The van der Waals surface area contributed by atoms with Gasteiger partial charge >= 0.3 is 5.97 Å². The maximum atomic E-state index is 11.9. The molecule has 0 spiro atoms. The van der Waals surface area contributed by atoms with Crippen LogP contribution in [0.3, 0.4) is 0 Å². The van der Waals surface area contributed by atoms with Gasteiger partial charge in [-0.15, -0.1) is 0 Å². The lowest BCUT2D eigenvalue weighted by molar-refractivity contribution is -0.147. The summed E-state index contributed by atoms with van der Waals surface area (Å²) in [6.07, 6.45) is 0. The average Bonchev–Trinajstić information content (AvgIpc) is 2.77. The maximum absolute atomic E-state index is 11.9. The molecule has 3 aromatic rings. The van der Waals surface area contributed by atoms with Crippen LogP contribution in [-0.2, 0) is 16.1 Å². The van der Waals surface area contributed by atoms with E-state index in [1.165, 1.54) is 0 Å². The lowest BCUT2D eigenvalue weighted by Crippen LogP contribution is -2.14. The number of nitrogens with zero attached hydrogens (tertiary/aromatic N) is 1. The first kappa shape index (κ1) is 19.0. The van der Waals surface area contributed by atoms with Gasteiger partial charge in [-0.05, 0) is 47.0 Å². The Bertz CT molecular complexity index is 973. The summed E-state index contributed by atoms with van der Waals surface area (Å²) in [5.41, 5.74) is 3.30. The van der Waals surface area contributed by atoms with Gasteiger partial charge in [-0.1, -0.05) is 42.5 Å². The van der Waals surface area contributed by atoms with Crippen molar-refractivity contribution in [2.24, 2.45) is 0 Å². The van der Waals surface area contributed by atoms with Crippen molar-refractivity contribution in [1.29, 1.82) is 5.26 Å². The molecule has 0 aliphatic carbocycles. The highest BCUT2D eigenvalue weighted by atomic mass is 16.6. The topological polar surface area (TPSA) is 68.6 Å². The van der Waals surface area contributed by atoms with Crippen LogP contribution >= 0.6 is 0 Å². The second-order valence-corrected chi connectivity index (χ2v) is 5.98. The van der Waals surface area contributed by atoms with E-state index in [-0.39, 0.29) is 13.2 Å². The molecule has 3 rings (SSSR count). The Labute approximate surface area is 163 Å². The van der Waals surface area contributed by atoms with E-state index >= 15 is 0 Å². The molecule has 5 nitrogen and oxygen atoms in total. The Morgan fingerprint density at radius 2 is 1.61 bits per heavy atom. The number of hydrogen-bond acceptors (Lipinski definition) is 5. The van der Waals surface area contributed by atoms with Crippen molar-refractivity contribution in [1.82, 2.24) is 0 Å². The van der Waals surface area contributed by atoms with Crippen LogP contribution in [0.5, 0.6) is 11.5 Å². The fraction of sp³-hybridized carbons (Fsp3) is 0.130. The second kappa shape index (κ2) is 9.24. The summed E-state index contributed by atoms with van der Waals surface area (Å²) in [7, 11) is 1.59. The zero-order valence-corrected chi connectivity index (χ0v) is 15.4. The zero-order valence-electron chi connectivity index (χ0n) is 15.4. The molecule has 0 aliphatic heterocycles. The molecule has 0 atom stereocenters. The molecule has 0 aliphatic rings. The molecule has 0 fully saturated rings. The highest BCUT2D eigenvalue weighted by Crippen LogP contribution is 2.23. The lowest BCUT2D eigenvalue weighted by Gasteiger charge is -2.09. The Morgan fingerprint density at radius 3 is 2.29 bits per heavy atom. The van der Waals surface area contributed by atoms with Gasteiger partial charge in [0.1, 0.15) is 18.1 Å². The summed E-state index contributed by atoms with van der Waals surface area (Å²) in [5.74, 6) is 0.837. The van der Waals surface area contributed by atoms with Crippen molar-refractivity contribution in [3.05, 3.63) is 83.9 Å². The van der Waals surface area contributed by atoms with Crippen molar-refractivity contribution in [2.45, 2.75) is 6.61 Å². The molecule has 28 heavy (non-hydrogen) atoms. The van der Waals surface area contributed by atoms with Gasteiger partial charge in [-0.25, -0.2) is 4.79 Å². The predicted molar refractivity (Wildman–Crippen MR) is 105 cm³/mol. The molecule has 0 aromatic heterocycles. The first-order valence-corrected chi connectivity index (χ1v) is 8.70. The van der Waals surface area contributed by atoms with Gasteiger partial charge in [-0.2, -0.15) is 5.26 Å². The summed E-state index contributed by atoms with van der Waals surface area (Å²) in [5, 5.41) is 9.21. The molecule has 0 amide bonds. The van der Waals surface area contributed by atoms with Crippen LogP contribution in [0.2, 0.25) is 0 Å². The van der Waals surface area contributed by atoms with E-state index < -0.39 is 5.97 Å². The molecule has 0 saturated carbocycles. The Hall–Kier alpha value is -3.78. The molecule has 140 valence electrons. The van der Waals surface area contributed by atoms with Crippen LogP contribution in [0.25, 0.3) is 11.1 Å². The summed E-state index contributed by atoms with van der Waals surface area (Å²) in [6.45, 7) is -0.00899. The molecule has 0 radical (unpaired) electrons. The van der Waals surface area contributed by atoms with Gasteiger partial charge in [0.2, 0.25) is 0 Å². The first-order valence-electron chi connectivity index (χ1n) is 8.70. The number of hydrogen-bond donors (Lipinski definition) is 0. The third-order valence-corrected chi connectivity index (χ3v) is 4.13. The van der Waals surface area contributed by atoms with Crippen molar-refractivity contribution in [2.75, 3.05) is 13.7 Å². The van der Waals surface area contributed by atoms with Gasteiger partial charge in [-0.3, -0.25) is 0 Å². The minimum absolute atomic E-state index is 0.158. The number of rotatable bonds is 7. The molecule has 0 heterocycles. The molecule has 0 unspecified atom stereocenters. The van der Waals surface area contributed by atoms with E-state index in [0.717, 1.165) is 22.4 Å². The van der Waals surface area contributed by atoms with Crippen molar-refractivity contribution >= 4 is 5.97 Å². The van der Waals surface area contributed by atoms with E-state index in [4.69, 9.17) is 14.2 Å². The average molecular weight is 373 g/mol. The van der Waals surface area contributed by atoms with Crippen LogP contribution in [0.4, 0.5) is 0 Å². The SMILES string of the molecule is COc1ccc(OCC(=O)OCc2ccc(-c3ccccc3C#N)cc2)cc1. The fourth-order valence-corrected chi connectivity index (χ4v) is 2.63. The van der Waals surface area contributed by atoms with Crippen LogP contribution in [-0.4, -0.2) is 19.7 Å². The van der Waals surface area contributed by atoms with E-state index in [1.54, 1.807) is 37.4 Å². The van der Waals surface area contributed by atoms with Gasteiger partial charge < -0.3 is 14.2 Å². The molecule has 0 saturated heterocycles. The number of carbonyl (C=O) groups excluding carboxylic acids is 1. The molecule has 0 N–H and O–H groups in total. The highest BCUT2D eigenvalue weighted by Gasteiger charge is 2.07. The van der Waals surface area contributed by atoms with Crippen molar-refractivity contribution in [3.63, 3.8) is 0 Å². The summed E-state index contributed by atoms with van der Waals surface area (Å²) in [6, 6.07) is 24.2. The standard InChI is InChI=1S/C23H19NO4/c1-26-20-10-12-21(13-11-20)27-16-23(25)28-15-17-6-8-18(9-7-17)22-5-3-2-4-19(22)14-24/h2-13H,15-16H2,1H3. The lowest BCUT2D eigenvalue weighted by atomic mass is 9.99. The number of benzene rings is 3. The first-order chi connectivity index (χ1) is 13.7. The minimum Gasteiger partial charge on any atom is -0.497 e. The smallest absolute Gasteiger partial charge is 0.344 e. The number of nitriles is 1. The third-order valence-electron chi connectivity index (χ3n) is 4.13. The Morgan fingerprint density at radius 1 is 0.929 bits per heavy atom. The molecular formula is C23H19NO4. The van der Waals surface area contributed by atoms with Crippen molar-refractivity contribution in [3.8, 4) is 28.7 Å². The van der Waals surface area contributed by atoms with E-state index in [2.05, 4.69) is 6.07 Å². The number of carbonyl (C=O) groups is 1. The quantitative estimate of drug-likeness (QED) is 0.576. The molecular weight excluding hydrogens is 354 g/mol. The van der Waals surface area contributed by atoms with E-state index in [0.29, 0.717) is 11.3 Å². The van der Waals surface area contributed by atoms with Crippen LogP contribution < -0.4 is 9.47 Å². The monoisotopic (exact) mass is 373 g/mol. The molecule has 5 heteroatoms. The van der Waals surface area contributed by atoms with Gasteiger partial charge in [0.15, 0.2) is 6.61 Å². The number of ether oxygens (including phenoxy) is 3. The normalized spacial score (nSPS) is 10.0. The van der Waals surface area contributed by atoms with Crippen molar-refractivity contribution < 1.29 is 19.0 Å².